The number of hydrogen-bond donors (Lipinski definition) is 2. The molecular weight excluding hydrogens is 342 g/mol. The molecule has 2 aromatic rings. The van der Waals surface area contributed by atoms with Crippen LogP contribution >= 0.6 is 23.1 Å². The molecule has 0 aromatic carbocycles. The highest BCUT2D eigenvalue weighted by molar-refractivity contribution is 7.98. The van der Waals surface area contributed by atoms with E-state index in [-0.39, 0.29) is 17.5 Å². The van der Waals surface area contributed by atoms with Gasteiger partial charge >= 0.3 is 0 Å². The van der Waals surface area contributed by atoms with Crippen molar-refractivity contribution in [1.29, 1.82) is 0 Å². The quantitative estimate of drug-likeness (QED) is 0.740. The van der Waals surface area contributed by atoms with Crippen LogP contribution in [-0.2, 0) is 23.4 Å². The first kappa shape index (κ1) is 17.5. The zero-order chi connectivity index (χ0) is 17.1. The summed E-state index contributed by atoms with van der Waals surface area (Å²) in [7, 11) is 0. The number of carbonyl (C=O) groups is 1. The van der Waals surface area contributed by atoms with Crippen LogP contribution in [0.15, 0.2) is 4.79 Å². The highest BCUT2D eigenvalue weighted by Gasteiger charge is 2.21. The first-order chi connectivity index (χ1) is 11.6. The summed E-state index contributed by atoms with van der Waals surface area (Å²) in [4.78, 5) is 33.8. The Balaban J connectivity index is 1.57. The van der Waals surface area contributed by atoms with Crippen molar-refractivity contribution in [2.45, 2.75) is 57.7 Å². The van der Waals surface area contributed by atoms with Gasteiger partial charge in [-0.05, 0) is 38.2 Å². The second-order valence-corrected chi connectivity index (χ2v) is 8.42. The Morgan fingerprint density at radius 1 is 1.46 bits per heavy atom. The number of rotatable bonds is 7. The molecule has 7 heteroatoms. The van der Waals surface area contributed by atoms with Crippen LogP contribution in [0.2, 0.25) is 0 Å². The van der Waals surface area contributed by atoms with Crippen LogP contribution in [0, 0.1) is 0 Å². The predicted octanol–water partition coefficient (Wildman–Crippen LogP) is 3.01. The van der Waals surface area contributed by atoms with Gasteiger partial charge < -0.3 is 10.3 Å². The number of thioether (sulfide) groups is 1. The summed E-state index contributed by atoms with van der Waals surface area (Å²) in [6.07, 6.45) is 4.65. The third kappa shape index (κ3) is 3.83. The maximum atomic E-state index is 12.4. The van der Waals surface area contributed by atoms with Gasteiger partial charge in [-0.25, -0.2) is 4.98 Å². The van der Waals surface area contributed by atoms with Gasteiger partial charge in [0.25, 0.3) is 5.56 Å². The molecule has 24 heavy (non-hydrogen) atoms. The SMILES string of the molecule is CCC(C)NC(=O)CCSCc1nc2sc3c(c2c(=O)[nH]1)CCC3. The Morgan fingerprint density at radius 2 is 2.29 bits per heavy atom. The molecule has 1 aliphatic carbocycles. The highest BCUT2D eigenvalue weighted by Crippen LogP contribution is 2.34. The minimum atomic E-state index is -0.00971. The lowest BCUT2D eigenvalue weighted by molar-refractivity contribution is -0.121. The topological polar surface area (TPSA) is 74.8 Å². The molecule has 0 spiro atoms. The van der Waals surface area contributed by atoms with Crippen LogP contribution in [-0.4, -0.2) is 27.7 Å². The number of nitrogens with zero attached hydrogens (tertiary/aromatic N) is 1. The van der Waals surface area contributed by atoms with Gasteiger partial charge in [-0.15, -0.1) is 11.3 Å². The molecule has 2 aromatic heterocycles. The van der Waals surface area contributed by atoms with Gasteiger partial charge in [0.1, 0.15) is 10.7 Å². The first-order valence-corrected chi connectivity index (χ1v) is 10.5. The van der Waals surface area contributed by atoms with E-state index in [1.54, 1.807) is 23.1 Å². The average molecular weight is 366 g/mol. The Labute approximate surface area is 149 Å². The minimum Gasteiger partial charge on any atom is -0.354 e. The molecular formula is C17H23N3O2S2. The standard InChI is InChI=1S/C17H23N3O2S2/c1-3-10(2)18-14(21)7-8-23-9-13-19-16(22)15-11-5-4-6-12(11)24-17(15)20-13/h10H,3-9H2,1-2H3,(H,18,21)(H,19,20,22). The van der Waals surface area contributed by atoms with E-state index in [2.05, 4.69) is 22.2 Å². The van der Waals surface area contributed by atoms with Gasteiger partial charge in [-0.1, -0.05) is 6.92 Å². The summed E-state index contributed by atoms with van der Waals surface area (Å²) in [5.74, 6) is 2.15. The van der Waals surface area contributed by atoms with Crippen molar-refractivity contribution < 1.29 is 4.79 Å². The van der Waals surface area contributed by atoms with Gasteiger partial charge in [0, 0.05) is 23.1 Å². The molecule has 2 N–H and O–H groups in total. The number of aromatic amines is 1. The molecule has 3 rings (SSSR count). The zero-order valence-corrected chi connectivity index (χ0v) is 15.7. The number of H-pyrrole nitrogens is 1. The van der Waals surface area contributed by atoms with Crippen molar-refractivity contribution in [2.24, 2.45) is 0 Å². The van der Waals surface area contributed by atoms with Crippen molar-refractivity contribution in [3.8, 4) is 0 Å². The van der Waals surface area contributed by atoms with E-state index in [9.17, 15) is 9.59 Å². The number of nitrogens with one attached hydrogen (secondary N) is 2. The number of thiophene rings is 1. The Morgan fingerprint density at radius 3 is 3.08 bits per heavy atom. The molecule has 0 radical (unpaired) electrons. The van der Waals surface area contributed by atoms with Crippen LogP contribution in [0.4, 0.5) is 0 Å². The van der Waals surface area contributed by atoms with Gasteiger partial charge in [-0.3, -0.25) is 9.59 Å². The van der Waals surface area contributed by atoms with Crippen molar-refractivity contribution in [2.75, 3.05) is 5.75 Å². The molecule has 0 fully saturated rings. The molecule has 0 aliphatic heterocycles. The number of hydrogen-bond acceptors (Lipinski definition) is 5. The summed E-state index contributed by atoms with van der Waals surface area (Å²) < 4.78 is 0. The van der Waals surface area contributed by atoms with Crippen LogP contribution in [0.3, 0.4) is 0 Å². The molecule has 2 heterocycles. The Hall–Kier alpha value is -1.34. The van der Waals surface area contributed by atoms with Gasteiger partial charge in [0.2, 0.25) is 5.91 Å². The minimum absolute atomic E-state index is 0.00971. The van der Waals surface area contributed by atoms with Crippen molar-refractivity contribution in [1.82, 2.24) is 15.3 Å². The summed E-state index contributed by atoms with van der Waals surface area (Å²) in [6, 6.07) is 0.226. The lowest BCUT2D eigenvalue weighted by atomic mass is 10.2. The van der Waals surface area contributed by atoms with E-state index in [1.807, 2.05) is 6.92 Å². The normalized spacial score (nSPS) is 14.8. The second-order valence-electron chi connectivity index (χ2n) is 6.23. The lowest BCUT2D eigenvalue weighted by Crippen LogP contribution is -2.32. The fraction of sp³-hybridized carbons (Fsp3) is 0.588. The van der Waals surface area contributed by atoms with E-state index in [1.165, 1.54) is 10.4 Å². The maximum absolute atomic E-state index is 12.4. The van der Waals surface area contributed by atoms with E-state index in [0.717, 1.165) is 41.7 Å². The average Bonchev–Trinajstić information content (AvgIpc) is 3.11. The number of aryl methyl sites for hydroxylation is 2. The molecule has 130 valence electrons. The monoisotopic (exact) mass is 365 g/mol. The van der Waals surface area contributed by atoms with Gasteiger partial charge in [-0.2, -0.15) is 11.8 Å². The Bertz CT molecular complexity index is 797. The number of aromatic nitrogens is 2. The van der Waals surface area contributed by atoms with E-state index in [4.69, 9.17) is 0 Å². The van der Waals surface area contributed by atoms with Crippen molar-refractivity contribution in [3.05, 3.63) is 26.6 Å². The Kier molecular flexibility index (Phi) is 5.61. The zero-order valence-electron chi connectivity index (χ0n) is 14.1. The molecule has 1 amide bonds. The molecule has 1 unspecified atom stereocenters. The summed E-state index contributed by atoms with van der Waals surface area (Å²) in [5, 5.41) is 3.76. The maximum Gasteiger partial charge on any atom is 0.259 e. The van der Waals surface area contributed by atoms with Crippen LogP contribution in [0.25, 0.3) is 10.2 Å². The number of carbonyl (C=O) groups excluding carboxylic acids is 1. The first-order valence-electron chi connectivity index (χ1n) is 8.49. The van der Waals surface area contributed by atoms with Crippen molar-refractivity contribution in [3.63, 3.8) is 0 Å². The summed E-state index contributed by atoms with van der Waals surface area (Å²) in [6.45, 7) is 4.06. The molecule has 1 atom stereocenters. The van der Waals surface area contributed by atoms with E-state index < -0.39 is 0 Å². The predicted molar refractivity (Wildman–Crippen MR) is 101 cm³/mol. The van der Waals surface area contributed by atoms with E-state index >= 15 is 0 Å². The molecule has 1 aliphatic rings. The molecule has 5 nitrogen and oxygen atoms in total. The molecule has 0 saturated heterocycles. The fourth-order valence-electron chi connectivity index (χ4n) is 2.90. The highest BCUT2D eigenvalue weighted by atomic mass is 32.2. The summed E-state index contributed by atoms with van der Waals surface area (Å²) in [5.41, 5.74) is 1.20. The lowest BCUT2D eigenvalue weighted by Gasteiger charge is -2.10. The van der Waals surface area contributed by atoms with Crippen LogP contribution in [0.5, 0.6) is 0 Å². The third-order valence-electron chi connectivity index (χ3n) is 4.36. The number of fused-ring (bicyclic) bond motifs is 3. The van der Waals surface area contributed by atoms with Crippen LogP contribution in [0.1, 0.15) is 49.4 Å². The third-order valence-corrected chi connectivity index (χ3v) is 6.51. The number of amides is 1. The largest absolute Gasteiger partial charge is 0.354 e. The van der Waals surface area contributed by atoms with E-state index in [0.29, 0.717) is 18.0 Å². The van der Waals surface area contributed by atoms with Crippen molar-refractivity contribution >= 4 is 39.2 Å². The smallest absolute Gasteiger partial charge is 0.259 e. The summed E-state index contributed by atoms with van der Waals surface area (Å²) >= 11 is 3.29. The van der Waals surface area contributed by atoms with Gasteiger partial charge in [0.05, 0.1) is 11.1 Å². The van der Waals surface area contributed by atoms with Gasteiger partial charge in [0.15, 0.2) is 0 Å². The van der Waals surface area contributed by atoms with Crippen LogP contribution < -0.4 is 10.9 Å². The molecule has 0 saturated carbocycles. The fourth-order valence-corrected chi connectivity index (χ4v) is 4.98. The molecule has 0 bridgehead atoms. The second kappa shape index (κ2) is 7.70.